The zero-order valence-corrected chi connectivity index (χ0v) is 11.4. The molecule has 4 nitrogen and oxygen atoms in total. The van der Waals surface area contributed by atoms with Crippen LogP contribution in [0.3, 0.4) is 0 Å². The van der Waals surface area contributed by atoms with E-state index < -0.39 is 15.6 Å². The second-order valence-electron chi connectivity index (χ2n) is 4.06. The number of hydrogen-bond donors (Lipinski definition) is 0. The van der Waals surface area contributed by atoms with Crippen LogP contribution in [0.15, 0.2) is 35.2 Å². The fraction of sp³-hybridized carbons (Fsp3) is 0.417. The van der Waals surface area contributed by atoms with Crippen LogP contribution in [-0.4, -0.2) is 27.4 Å². The molecule has 1 saturated heterocycles. The Bertz CT molecular complexity index is 466. The van der Waals surface area contributed by atoms with Gasteiger partial charge >= 0.3 is 18.9 Å². The van der Waals surface area contributed by atoms with Crippen LogP contribution >= 0.6 is 0 Å². The molecule has 0 bridgehead atoms. The number of sulfone groups is 1. The van der Waals surface area contributed by atoms with Gasteiger partial charge in [-0.25, -0.2) is 0 Å². The third-order valence-electron chi connectivity index (χ3n) is 2.64. The van der Waals surface area contributed by atoms with Crippen LogP contribution in [0.25, 0.3) is 0 Å². The largest absolute Gasteiger partial charge is 1.00 e. The van der Waals surface area contributed by atoms with Gasteiger partial charge in [0.05, 0.1) is 23.1 Å². The summed E-state index contributed by atoms with van der Waals surface area (Å²) in [6.45, 7) is 2.77. The van der Waals surface area contributed by atoms with Crippen molar-refractivity contribution < 1.29 is 36.8 Å². The van der Waals surface area contributed by atoms with Crippen LogP contribution in [0.1, 0.15) is 13.3 Å². The minimum absolute atomic E-state index is 0. The van der Waals surface area contributed by atoms with E-state index in [1.807, 2.05) is 0 Å². The maximum absolute atomic E-state index is 12.0. The van der Waals surface area contributed by atoms with Crippen molar-refractivity contribution in [3.05, 3.63) is 36.1 Å². The van der Waals surface area contributed by atoms with Gasteiger partial charge < -0.3 is 9.47 Å². The minimum atomic E-state index is -3.37. The monoisotopic (exact) mass is 262 g/mol. The Morgan fingerprint density at radius 1 is 1.22 bits per heavy atom. The summed E-state index contributed by atoms with van der Waals surface area (Å²) in [6.07, 6.45) is 0.226. The molecule has 18 heavy (non-hydrogen) atoms. The first-order valence-electron chi connectivity index (χ1n) is 5.43. The minimum Gasteiger partial charge on any atom is -0.351 e. The summed E-state index contributed by atoms with van der Waals surface area (Å²) < 4.78 is 34.6. The molecule has 0 unspecified atom stereocenters. The second-order valence-corrected chi connectivity index (χ2v) is 5.95. The first-order valence-corrected chi connectivity index (χ1v) is 6.98. The molecule has 0 N–H and O–H groups in total. The molecule has 0 aliphatic carbocycles. The van der Waals surface area contributed by atoms with Crippen LogP contribution < -0.4 is 18.9 Å². The molecule has 0 aromatic heterocycles. The van der Waals surface area contributed by atoms with E-state index in [4.69, 9.17) is 9.47 Å². The summed E-state index contributed by atoms with van der Waals surface area (Å²) in [5, 5.41) is 0. The van der Waals surface area contributed by atoms with Crippen molar-refractivity contribution >= 4 is 9.84 Å². The van der Waals surface area contributed by atoms with E-state index in [9.17, 15) is 8.42 Å². The van der Waals surface area contributed by atoms with Crippen LogP contribution in [0, 0.1) is 5.75 Å². The Morgan fingerprint density at radius 3 is 2.33 bits per heavy atom. The van der Waals surface area contributed by atoms with E-state index in [0.717, 1.165) is 0 Å². The Morgan fingerprint density at radius 2 is 1.78 bits per heavy atom. The van der Waals surface area contributed by atoms with Gasteiger partial charge in [0, 0.05) is 4.90 Å². The van der Waals surface area contributed by atoms with Gasteiger partial charge in [0.1, 0.15) is 5.79 Å². The van der Waals surface area contributed by atoms with Crippen molar-refractivity contribution in [3.8, 4) is 0 Å². The smallest absolute Gasteiger partial charge is 0.351 e. The zero-order valence-electron chi connectivity index (χ0n) is 10.6. The summed E-state index contributed by atoms with van der Waals surface area (Å²) in [5.74, 6) is 0.454. The predicted octanol–water partition coefficient (Wildman–Crippen LogP) is -1.22. The predicted molar refractivity (Wildman–Crippen MR) is 62.9 cm³/mol. The molecule has 0 spiro atoms. The number of benzene rings is 1. The molecule has 1 aliphatic heterocycles. The van der Waals surface area contributed by atoms with E-state index in [1.54, 1.807) is 37.3 Å². The molecule has 1 heterocycles. The van der Waals surface area contributed by atoms with Crippen molar-refractivity contribution in [2.45, 2.75) is 24.0 Å². The maximum Gasteiger partial charge on any atom is 1.00 e. The normalized spacial score (nSPS) is 18.3. The Hall–Kier alpha value is -0.313. The van der Waals surface area contributed by atoms with Crippen LogP contribution in [-0.2, 0) is 19.3 Å². The molecule has 0 atom stereocenters. The maximum atomic E-state index is 12.0. The van der Waals surface area contributed by atoms with Gasteiger partial charge in [-0.1, -0.05) is 18.2 Å². The third kappa shape index (κ3) is 3.84. The van der Waals surface area contributed by atoms with Gasteiger partial charge in [-0.2, -0.15) is 5.75 Å². The molecule has 94 valence electrons. The molecule has 0 amide bonds. The topological polar surface area (TPSA) is 52.6 Å². The second kappa shape index (κ2) is 6.22. The SMILES string of the molecule is CC1(C[CH-]S(=O)(=O)c2ccccc2)OCCO1.[Li+]. The fourth-order valence-electron chi connectivity index (χ4n) is 1.64. The molecular weight excluding hydrogens is 247 g/mol. The van der Waals surface area contributed by atoms with Crippen molar-refractivity contribution in [3.63, 3.8) is 0 Å². The number of ether oxygens (including phenoxy) is 2. The van der Waals surface area contributed by atoms with E-state index >= 15 is 0 Å². The summed E-state index contributed by atoms with van der Waals surface area (Å²) >= 11 is 0. The average molecular weight is 262 g/mol. The summed E-state index contributed by atoms with van der Waals surface area (Å²) in [4.78, 5) is 0.293. The van der Waals surface area contributed by atoms with E-state index in [-0.39, 0.29) is 25.3 Å². The van der Waals surface area contributed by atoms with Gasteiger partial charge in [-0.15, -0.1) is 6.42 Å². The van der Waals surface area contributed by atoms with Gasteiger partial charge in [-0.05, 0) is 19.1 Å². The van der Waals surface area contributed by atoms with Gasteiger partial charge in [0.2, 0.25) is 0 Å². The fourth-order valence-corrected chi connectivity index (χ4v) is 2.89. The van der Waals surface area contributed by atoms with E-state index in [2.05, 4.69) is 0 Å². The zero-order chi connectivity index (χ0) is 12.4. The Labute approximate surface area is 120 Å². The van der Waals surface area contributed by atoms with E-state index in [1.165, 1.54) is 5.75 Å². The molecule has 0 saturated carbocycles. The molecule has 1 aromatic carbocycles. The summed E-state index contributed by atoms with van der Waals surface area (Å²) in [5.41, 5.74) is 0. The van der Waals surface area contributed by atoms with Gasteiger partial charge in [0.15, 0.2) is 0 Å². The van der Waals surface area contributed by atoms with Gasteiger partial charge in [0.25, 0.3) is 0 Å². The first kappa shape index (κ1) is 15.7. The molecule has 1 fully saturated rings. The van der Waals surface area contributed by atoms with Crippen molar-refractivity contribution in [2.75, 3.05) is 13.2 Å². The van der Waals surface area contributed by atoms with Crippen molar-refractivity contribution in [2.24, 2.45) is 0 Å². The average Bonchev–Trinajstić information content (AvgIpc) is 2.76. The van der Waals surface area contributed by atoms with Crippen LogP contribution in [0.5, 0.6) is 0 Å². The molecule has 6 heteroatoms. The standard InChI is InChI=1S/C12H15O4S.Li/c1-12(15-8-9-16-12)7-10-17(13,14)11-5-3-2-4-6-11;/h2-6,10H,7-9H2,1H3;/q-1;+1. The molecular formula is C12H15LiO4S. The summed E-state index contributed by atoms with van der Waals surface area (Å²) in [6, 6.07) is 8.33. The van der Waals surface area contributed by atoms with Crippen LogP contribution in [0.2, 0.25) is 0 Å². The van der Waals surface area contributed by atoms with Crippen molar-refractivity contribution in [1.29, 1.82) is 0 Å². The van der Waals surface area contributed by atoms with Gasteiger partial charge in [-0.3, -0.25) is 8.42 Å². The quantitative estimate of drug-likeness (QED) is 0.504. The summed E-state index contributed by atoms with van der Waals surface area (Å²) in [7, 11) is -3.37. The van der Waals surface area contributed by atoms with Crippen LogP contribution in [0.4, 0.5) is 0 Å². The number of rotatable bonds is 4. The number of hydrogen-bond acceptors (Lipinski definition) is 4. The Kier molecular flexibility index (Phi) is 5.44. The molecule has 2 rings (SSSR count). The molecule has 0 radical (unpaired) electrons. The third-order valence-corrected chi connectivity index (χ3v) is 4.18. The first-order chi connectivity index (χ1) is 8.02. The Balaban J connectivity index is 0.00000162. The molecule has 1 aromatic rings. The van der Waals surface area contributed by atoms with Crippen molar-refractivity contribution in [1.82, 2.24) is 0 Å². The van der Waals surface area contributed by atoms with E-state index in [0.29, 0.717) is 18.1 Å². The molecule has 1 aliphatic rings.